The Labute approximate surface area is 134 Å². The van der Waals surface area contributed by atoms with Gasteiger partial charge in [-0.15, -0.1) is 0 Å². The Morgan fingerprint density at radius 1 is 1.27 bits per heavy atom. The van der Waals surface area contributed by atoms with Crippen molar-refractivity contribution in [1.29, 1.82) is 0 Å². The van der Waals surface area contributed by atoms with Crippen molar-refractivity contribution in [2.45, 2.75) is 19.3 Å². The highest BCUT2D eigenvalue weighted by atomic mass is 35.5. The number of nitrogens with two attached hydrogens (primary N) is 1. The summed E-state index contributed by atoms with van der Waals surface area (Å²) in [5.41, 5.74) is 7.58. The fourth-order valence-electron chi connectivity index (χ4n) is 2.34. The lowest BCUT2D eigenvalue weighted by atomic mass is 9.92. The molecule has 1 unspecified atom stereocenters. The minimum absolute atomic E-state index is 0.0363. The van der Waals surface area contributed by atoms with Gasteiger partial charge in [0.2, 0.25) is 0 Å². The molecule has 2 aromatic rings. The first kappa shape index (κ1) is 16.6. The summed E-state index contributed by atoms with van der Waals surface area (Å²) in [4.78, 5) is 0. The largest absolute Gasteiger partial charge is 0.506 e. The van der Waals surface area contributed by atoms with Gasteiger partial charge in [0.15, 0.2) is 11.6 Å². The average Bonchev–Trinajstić information content (AvgIpc) is 2.50. The summed E-state index contributed by atoms with van der Waals surface area (Å²) >= 11 is 5.91. The fourth-order valence-corrected chi connectivity index (χ4v) is 2.55. The molecule has 0 heterocycles. The molecule has 3 nitrogen and oxygen atoms in total. The number of benzene rings is 2. The summed E-state index contributed by atoms with van der Waals surface area (Å²) in [5, 5.41) is 9.75. The van der Waals surface area contributed by atoms with Crippen molar-refractivity contribution in [3.05, 3.63) is 58.4 Å². The van der Waals surface area contributed by atoms with Crippen LogP contribution >= 0.6 is 11.6 Å². The van der Waals surface area contributed by atoms with Crippen LogP contribution in [0, 0.1) is 5.82 Å². The minimum atomic E-state index is -0.387. The molecule has 2 rings (SSSR count). The summed E-state index contributed by atoms with van der Waals surface area (Å²) in [6.07, 6.45) is 0.615. The smallest absolute Gasteiger partial charge is 0.165 e. The number of hydrogen-bond acceptors (Lipinski definition) is 3. The molecule has 5 heteroatoms. The highest BCUT2D eigenvalue weighted by Crippen LogP contribution is 2.28. The maximum atomic E-state index is 14.0. The van der Waals surface area contributed by atoms with Crippen molar-refractivity contribution in [2.24, 2.45) is 5.73 Å². The maximum Gasteiger partial charge on any atom is 0.165 e. The van der Waals surface area contributed by atoms with E-state index in [1.54, 1.807) is 24.3 Å². The third-order valence-electron chi connectivity index (χ3n) is 3.51. The van der Waals surface area contributed by atoms with Crippen LogP contribution in [-0.2, 0) is 6.42 Å². The van der Waals surface area contributed by atoms with Crippen LogP contribution < -0.4 is 10.5 Å². The molecule has 118 valence electrons. The van der Waals surface area contributed by atoms with E-state index >= 15 is 0 Å². The predicted molar refractivity (Wildman–Crippen MR) is 86.2 cm³/mol. The molecule has 0 aliphatic heterocycles. The molecule has 0 aromatic heterocycles. The van der Waals surface area contributed by atoms with Crippen LogP contribution in [0.4, 0.5) is 4.39 Å². The van der Waals surface area contributed by atoms with Gasteiger partial charge in [0.25, 0.3) is 0 Å². The first-order valence-electron chi connectivity index (χ1n) is 7.14. The van der Waals surface area contributed by atoms with Crippen LogP contribution in [0.5, 0.6) is 11.5 Å². The number of halogens is 2. The summed E-state index contributed by atoms with van der Waals surface area (Å²) in [6, 6.07) is 9.95. The molecule has 0 saturated carbocycles. The van der Waals surface area contributed by atoms with E-state index in [1.165, 1.54) is 6.07 Å². The van der Waals surface area contributed by atoms with Crippen LogP contribution in [0.15, 0.2) is 36.4 Å². The van der Waals surface area contributed by atoms with Crippen molar-refractivity contribution < 1.29 is 14.2 Å². The Kier molecular flexibility index (Phi) is 5.63. The van der Waals surface area contributed by atoms with E-state index in [0.717, 1.165) is 11.1 Å². The number of aromatic hydroxyl groups is 1. The third-order valence-corrected chi connectivity index (χ3v) is 3.81. The van der Waals surface area contributed by atoms with Gasteiger partial charge in [-0.3, -0.25) is 0 Å². The number of phenols is 1. The number of phenolic OH excluding ortho intramolecular Hbond substituents is 1. The van der Waals surface area contributed by atoms with Gasteiger partial charge in [0.05, 0.1) is 11.6 Å². The zero-order valence-corrected chi connectivity index (χ0v) is 13.1. The van der Waals surface area contributed by atoms with Crippen molar-refractivity contribution >= 4 is 11.6 Å². The first-order valence-corrected chi connectivity index (χ1v) is 7.52. The van der Waals surface area contributed by atoms with Crippen molar-refractivity contribution in [1.82, 2.24) is 0 Å². The summed E-state index contributed by atoms with van der Waals surface area (Å²) < 4.78 is 19.2. The molecule has 0 amide bonds. The molecule has 1 atom stereocenters. The SMILES string of the molecule is CCOc1ccc(C(CN)Cc2ccc(O)c(Cl)c2)cc1F. The second kappa shape index (κ2) is 7.47. The van der Waals surface area contributed by atoms with Crippen molar-refractivity contribution in [3.8, 4) is 11.5 Å². The molecule has 0 aliphatic rings. The van der Waals surface area contributed by atoms with Gasteiger partial charge in [-0.1, -0.05) is 23.7 Å². The molecule has 0 radical (unpaired) electrons. The lowest BCUT2D eigenvalue weighted by Gasteiger charge is -2.17. The highest BCUT2D eigenvalue weighted by Gasteiger charge is 2.14. The van der Waals surface area contributed by atoms with Gasteiger partial charge in [0.1, 0.15) is 5.75 Å². The van der Waals surface area contributed by atoms with Gasteiger partial charge in [0, 0.05) is 5.92 Å². The van der Waals surface area contributed by atoms with E-state index in [1.807, 2.05) is 13.0 Å². The number of hydrogen-bond donors (Lipinski definition) is 2. The van der Waals surface area contributed by atoms with Crippen LogP contribution in [0.25, 0.3) is 0 Å². The normalized spacial score (nSPS) is 12.2. The van der Waals surface area contributed by atoms with Crippen LogP contribution in [0.1, 0.15) is 24.0 Å². The van der Waals surface area contributed by atoms with Gasteiger partial charge in [-0.05, 0) is 55.3 Å². The predicted octanol–water partition coefficient (Wildman–Crippen LogP) is 3.87. The van der Waals surface area contributed by atoms with Crippen LogP contribution in [-0.4, -0.2) is 18.3 Å². The van der Waals surface area contributed by atoms with E-state index in [2.05, 4.69) is 0 Å². The van der Waals surface area contributed by atoms with Gasteiger partial charge < -0.3 is 15.6 Å². The second-order valence-corrected chi connectivity index (χ2v) is 5.45. The molecular weight excluding hydrogens is 305 g/mol. The monoisotopic (exact) mass is 323 g/mol. The lowest BCUT2D eigenvalue weighted by Crippen LogP contribution is -2.15. The molecule has 0 saturated heterocycles. The summed E-state index contributed by atoms with van der Waals surface area (Å²) in [5.74, 6) is -0.135. The zero-order valence-electron chi connectivity index (χ0n) is 12.4. The van der Waals surface area contributed by atoms with E-state index in [0.29, 0.717) is 24.6 Å². The van der Waals surface area contributed by atoms with Crippen LogP contribution in [0.2, 0.25) is 5.02 Å². The molecule has 0 fully saturated rings. The summed E-state index contributed by atoms with van der Waals surface area (Å²) in [6.45, 7) is 2.61. The Hall–Kier alpha value is -1.78. The molecule has 22 heavy (non-hydrogen) atoms. The van der Waals surface area contributed by atoms with Gasteiger partial charge in [-0.25, -0.2) is 4.39 Å². The number of rotatable bonds is 6. The molecule has 0 bridgehead atoms. The molecule has 2 aromatic carbocycles. The topological polar surface area (TPSA) is 55.5 Å². The van der Waals surface area contributed by atoms with Crippen molar-refractivity contribution in [2.75, 3.05) is 13.2 Å². The number of ether oxygens (including phenoxy) is 1. The molecule has 0 spiro atoms. The van der Waals surface area contributed by atoms with E-state index in [9.17, 15) is 9.50 Å². The fraction of sp³-hybridized carbons (Fsp3) is 0.294. The Morgan fingerprint density at radius 2 is 2.05 bits per heavy atom. The Balaban J connectivity index is 2.20. The maximum absolute atomic E-state index is 14.0. The Morgan fingerprint density at radius 3 is 2.64 bits per heavy atom. The average molecular weight is 324 g/mol. The summed E-state index contributed by atoms with van der Waals surface area (Å²) in [7, 11) is 0. The highest BCUT2D eigenvalue weighted by molar-refractivity contribution is 6.32. The minimum Gasteiger partial charge on any atom is -0.506 e. The molecular formula is C17H19ClFNO2. The van der Waals surface area contributed by atoms with Crippen LogP contribution in [0.3, 0.4) is 0 Å². The lowest BCUT2D eigenvalue weighted by molar-refractivity contribution is 0.321. The third kappa shape index (κ3) is 3.90. The van der Waals surface area contributed by atoms with E-state index < -0.39 is 0 Å². The zero-order chi connectivity index (χ0) is 16.1. The standard InChI is InChI=1S/C17H19ClFNO2/c1-2-22-17-6-4-12(9-15(17)19)13(10-20)7-11-3-5-16(21)14(18)8-11/h3-6,8-9,13,21H,2,7,10,20H2,1H3. The van der Waals surface area contributed by atoms with E-state index in [-0.39, 0.29) is 23.2 Å². The quantitative estimate of drug-likeness (QED) is 0.848. The molecule has 0 aliphatic carbocycles. The molecule has 3 N–H and O–H groups in total. The van der Waals surface area contributed by atoms with Gasteiger partial charge in [-0.2, -0.15) is 0 Å². The first-order chi connectivity index (χ1) is 10.5. The Bertz CT molecular complexity index is 649. The van der Waals surface area contributed by atoms with Crippen molar-refractivity contribution in [3.63, 3.8) is 0 Å². The second-order valence-electron chi connectivity index (χ2n) is 5.05. The van der Waals surface area contributed by atoms with E-state index in [4.69, 9.17) is 22.1 Å². The van der Waals surface area contributed by atoms with Gasteiger partial charge >= 0.3 is 0 Å².